The molecule has 4 aliphatic heterocycles. The summed E-state index contributed by atoms with van der Waals surface area (Å²) in [5, 5.41) is 12.1. The van der Waals surface area contributed by atoms with Crippen LogP contribution in [0.2, 0.25) is 0 Å². The molecule has 0 aromatic heterocycles. The highest BCUT2D eigenvalue weighted by molar-refractivity contribution is 5.27. The number of ether oxygens (including phenoxy) is 1. The summed E-state index contributed by atoms with van der Waals surface area (Å²) in [6.07, 6.45) is 4.16. The quantitative estimate of drug-likeness (QED) is 0.734. The Morgan fingerprint density at radius 3 is 2.23 bits per heavy atom. The van der Waals surface area contributed by atoms with E-state index < -0.39 is 5.60 Å². The average molecular weight is 423 g/mol. The molecule has 0 amide bonds. The van der Waals surface area contributed by atoms with Gasteiger partial charge in [0.05, 0.1) is 18.8 Å². The van der Waals surface area contributed by atoms with Crippen LogP contribution in [0.4, 0.5) is 0 Å². The van der Waals surface area contributed by atoms with Gasteiger partial charge in [-0.25, -0.2) is 0 Å². The molecule has 0 radical (unpaired) electrons. The number of hydrogen-bond donors (Lipinski definition) is 1. The van der Waals surface area contributed by atoms with Crippen LogP contribution >= 0.6 is 0 Å². The number of morpholine rings is 1. The number of aryl methyl sites for hydroxylation is 1. The first-order chi connectivity index (χ1) is 15.2. The van der Waals surface area contributed by atoms with Gasteiger partial charge in [0.1, 0.15) is 0 Å². The number of fused-ring (bicyclic) bond motifs is 3. The molecule has 1 N–H and O–H groups in total. The molecule has 6 rings (SSSR count). The molecule has 0 aliphatic carbocycles. The van der Waals surface area contributed by atoms with Crippen LogP contribution < -0.4 is 0 Å². The number of rotatable bonds is 7. The van der Waals surface area contributed by atoms with Crippen molar-refractivity contribution in [1.29, 1.82) is 0 Å². The van der Waals surface area contributed by atoms with Gasteiger partial charge in [0, 0.05) is 33.5 Å². The lowest BCUT2D eigenvalue weighted by atomic mass is 9.66. The Balaban J connectivity index is 0.00000245. The Kier molecular flexibility index (Phi) is 6.42. The van der Waals surface area contributed by atoms with Crippen molar-refractivity contribution in [2.24, 2.45) is 11.8 Å². The first kappa shape index (κ1) is 21.1. The van der Waals surface area contributed by atoms with E-state index in [0.29, 0.717) is 11.8 Å². The van der Waals surface area contributed by atoms with Crippen LogP contribution in [0.1, 0.15) is 37.4 Å². The molecule has 2 atom stereocenters. The molecule has 2 unspecified atom stereocenters. The monoisotopic (exact) mass is 422 g/mol. The van der Waals surface area contributed by atoms with E-state index in [0.717, 1.165) is 57.8 Å². The van der Waals surface area contributed by atoms with Crippen molar-refractivity contribution >= 4 is 0 Å². The maximum Gasteiger partial charge on any atom is 0.0942 e. The van der Waals surface area contributed by atoms with Crippen LogP contribution in [0.5, 0.6) is 0 Å². The lowest BCUT2D eigenvalue weighted by Crippen LogP contribution is -2.55. The van der Waals surface area contributed by atoms with Crippen LogP contribution in [0.15, 0.2) is 54.6 Å². The van der Waals surface area contributed by atoms with Gasteiger partial charge in [-0.2, -0.15) is 0 Å². The summed E-state index contributed by atoms with van der Waals surface area (Å²) in [6.45, 7) is 8.17. The van der Waals surface area contributed by atoms with E-state index in [-0.39, 0.29) is 1.43 Å². The van der Waals surface area contributed by atoms with Crippen LogP contribution in [0, 0.1) is 11.8 Å². The normalized spacial score (nSPS) is 28.4. The van der Waals surface area contributed by atoms with Gasteiger partial charge in [0.25, 0.3) is 0 Å². The smallest absolute Gasteiger partial charge is 0.0942 e. The minimum atomic E-state index is -0.752. The molecule has 31 heavy (non-hydrogen) atoms. The molecular weight excluding hydrogens is 384 g/mol. The van der Waals surface area contributed by atoms with E-state index in [9.17, 15) is 5.11 Å². The third-order valence-electron chi connectivity index (χ3n) is 7.87. The minimum Gasteiger partial charge on any atom is -0.385 e. The molecule has 4 saturated heterocycles. The zero-order valence-electron chi connectivity index (χ0n) is 18.6. The van der Waals surface area contributed by atoms with E-state index in [1.54, 1.807) is 0 Å². The summed E-state index contributed by atoms with van der Waals surface area (Å²) >= 11 is 0. The van der Waals surface area contributed by atoms with E-state index in [1.807, 2.05) is 6.07 Å². The highest BCUT2D eigenvalue weighted by atomic mass is 16.5. The van der Waals surface area contributed by atoms with Crippen molar-refractivity contribution in [3.8, 4) is 0 Å². The molecular formula is C27H38N2O2. The predicted octanol–water partition coefficient (Wildman–Crippen LogP) is 3.93. The predicted molar refractivity (Wildman–Crippen MR) is 126 cm³/mol. The fraction of sp³-hybridized carbons (Fsp3) is 0.556. The molecule has 0 saturated carbocycles. The van der Waals surface area contributed by atoms with Crippen molar-refractivity contribution < 1.29 is 11.3 Å². The van der Waals surface area contributed by atoms with Gasteiger partial charge < -0.3 is 14.7 Å². The molecule has 4 heteroatoms. The fourth-order valence-electron chi connectivity index (χ4n) is 5.94. The van der Waals surface area contributed by atoms with Gasteiger partial charge in [-0.05, 0) is 61.4 Å². The maximum absolute atomic E-state index is 12.1. The molecule has 4 aliphatic rings. The SMILES string of the molecule is OC(CCc1ccc(CN2CCOCC2)cc1)(c1ccccc1)C1CN2CCC1CC2.[HH]. The third-order valence-corrected chi connectivity index (χ3v) is 7.87. The van der Waals surface area contributed by atoms with Crippen molar-refractivity contribution in [3.63, 3.8) is 0 Å². The highest BCUT2D eigenvalue weighted by Crippen LogP contribution is 2.45. The van der Waals surface area contributed by atoms with E-state index in [4.69, 9.17) is 4.74 Å². The average Bonchev–Trinajstić information content (AvgIpc) is 2.85. The Labute approximate surface area is 188 Å². The van der Waals surface area contributed by atoms with E-state index >= 15 is 0 Å². The summed E-state index contributed by atoms with van der Waals surface area (Å²) in [5.74, 6) is 0.976. The first-order valence-electron chi connectivity index (χ1n) is 12.1. The Hall–Kier alpha value is -1.72. The van der Waals surface area contributed by atoms with Crippen molar-refractivity contribution in [2.45, 2.75) is 37.8 Å². The van der Waals surface area contributed by atoms with Gasteiger partial charge in [-0.3, -0.25) is 4.90 Å². The second-order valence-corrected chi connectivity index (χ2v) is 9.74. The van der Waals surface area contributed by atoms with Gasteiger partial charge >= 0.3 is 0 Å². The second-order valence-electron chi connectivity index (χ2n) is 9.74. The number of piperidine rings is 3. The molecule has 4 heterocycles. The zero-order valence-corrected chi connectivity index (χ0v) is 18.6. The number of hydrogen-bond acceptors (Lipinski definition) is 4. The van der Waals surface area contributed by atoms with Crippen LogP contribution in [0.25, 0.3) is 0 Å². The van der Waals surface area contributed by atoms with Crippen LogP contribution in [-0.2, 0) is 23.3 Å². The number of benzene rings is 2. The molecule has 4 fully saturated rings. The largest absolute Gasteiger partial charge is 0.385 e. The highest BCUT2D eigenvalue weighted by Gasteiger charge is 2.47. The zero-order chi connectivity index (χ0) is 21.1. The van der Waals surface area contributed by atoms with E-state index in [2.05, 4.69) is 58.3 Å². The summed E-state index contributed by atoms with van der Waals surface area (Å²) in [6, 6.07) is 19.5. The second kappa shape index (κ2) is 9.41. The van der Waals surface area contributed by atoms with Crippen molar-refractivity contribution in [1.82, 2.24) is 9.80 Å². The first-order valence-corrected chi connectivity index (χ1v) is 12.1. The van der Waals surface area contributed by atoms with Crippen LogP contribution in [-0.4, -0.2) is 60.8 Å². The number of nitrogens with zero attached hydrogens (tertiary/aromatic N) is 2. The molecule has 0 spiro atoms. The summed E-state index contributed by atoms with van der Waals surface area (Å²) in [4.78, 5) is 5.01. The molecule has 2 aromatic carbocycles. The topological polar surface area (TPSA) is 35.9 Å². The summed E-state index contributed by atoms with van der Waals surface area (Å²) in [7, 11) is 0. The lowest BCUT2D eigenvalue weighted by molar-refractivity contribution is -0.106. The van der Waals surface area contributed by atoms with Gasteiger partial charge in [-0.15, -0.1) is 0 Å². The van der Waals surface area contributed by atoms with Crippen LogP contribution in [0.3, 0.4) is 0 Å². The van der Waals surface area contributed by atoms with Gasteiger partial charge in [-0.1, -0.05) is 54.6 Å². The van der Waals surface area contributed by atoms with Crippen molar-refractivity contribution in [3.05, 3.63) is 71.3 Å². The Morgan fingerprint density at radius 2 is 1.58 bits per heavy atom. The summed E-state index contributed by atoms with van der Waals surface area (Å²) < 4.78 is 5.46. The Bertz CT molecular complexity index is 832. The van der Waals surface area contributed by atoms with Gasteiger partial charge in [0.15, 0.2) is 0 Å². The standard InChI is InChI=1S/C27H36N2O2.H2/c30-27(25-4-2-1-3-5-25,26-21-28-14-11-24(26)12-15-28)13-10-22-6-8-23(9-7-22)20-29-16-18-31-19-17-29;/h1-9,24,26,30H,10-21H2;1H. The van der Waals surface area contributed by atoms with E-state index in [1.165, 1.54) is 37.1 Å². The third kappa shape index (κ3) is 4.73. The fourth-order valence-corrected chi connectivity index (χ4v) is 5.94. The minimum absolute atomic E-state index is 0. The maximum atomic E-state index is 12.1. The molecule has 168 valence electrons. The van der Waals surface area contributed by atoms with Crippen molar-refractivity contribution in [2.75, 3.05) is 45.9 Å². The summed E-state index contributed by atoms with van der Waals surface area (Å²) in [5.41, 5.74) is 3.03. The Morgan fingerprint density at radius 1 is 0.903 bits per heavy atom. The van der Waals surface area contributed by atoms with Gasteiger partial charge in [0.2, 0.25) is 0 Å². The lowest BCUT2D eigenvalue weighted by Gasteiger charge is -2.51. The molecule has 4 nitrogen and oxygen atoms in total. The molecule has 2 aromatic rings. The number of aliphatic hydroxyl groups is 1. The molecule has 2 bridgehead atoms.